The summed E-state index contributed by atoms with van der Waals surface area (Å²) in [5, 5.41) is 23.0. The molecule has 0 spiro atoms. The third-order valence-corrected chi connectivity index (χ3v) is 5.96. The zero-order chi connectivity index (χ0) is 24.1. The molecule has 1 heterocycles. The number of amides is 1. The summed E-state index contributed by atoms with van der Waals surface area (Å²) in [6.07, 6.45) is 0. The number of carbonyl (C=O) groups is 1. The molecule has 0 bridgehead atoms. The molecule has 4 rings (SSSR count). The van der Waals surface area contributed by atoms with Gasteiger partial charge in [0.2, 0.25) is 5.91 Å². The first kappa shape index (κ1) is 23.0. The standard InChI is InChI=1S/C24H21N5O4S/c1-16-12-13-18(29(31)32)14-20(16)25-22(30)15-34-24-27-26-23(19-10-6-7-11-21(19)33-2)28(24)17-8-4-3-5-9-17/h3-14H,15H2,1-2H3,(H,25,30). The summed E-state index contributed by atoms with van der Waals surface area (Å²) < 4.78 is 7.37. The zero-order valence-electron chi connectivity index (χ0n) is 18.5. The van der Waals surface area contributed by atoms with Gasteiger partial charge in [-0.25, -0.2) is 0 Å². The molecule has 1 aromatic heterocycles. The van der Waals surface area contributed by atoms with Crippen molar-refractivity contribution in [1.29, 1.82) is 0 Å². The number of benzene rings is 3. The first-order valence-electron chi connectivity index (χ1n) is 10.3. The Morgan fingerprint density at radius 3 is 2.56 bits per heavy atom. The van der Waals surface area contributed by atoms with E-state index < -0.39 is 4.92 Å². The fourth-order valence-corrected chi connectivity index (χ4v) is 4.10. The van der Waals surface area contributed by atoms with Gasteiger partial charge in [-0.2, -0.15) is 0 Å². The van der Waals surface area contributed by atoms with Crippen LogP contribution in [0.3, 0.4) is 0 Å². The van der Waals surface area contributed by atoms with Gasteiger partial charge in [0.15, 0.2) is 11.0 Å². The molecule has 10 heteroatoms. The van der Waals surface area contributed by atoms with Crippen LogP contribution in [0.1, 0.15) is 5.56 Å². The van der Waals surface area contributed by atoms with Crippen molar-refractivity contribution in [2.75, 3.05) is 18.2 Å². The lowest BCUT2D eigenvalue weighted by Crippen LogP contribution is -2.15. The highest BCUT2D eigenvalue weighted by Gasteiger charge is 2.20. The van der Waals surface area contributed by atoms with Crippen LogP contribution in [-0.4, -0.2) is 38.5 Å². The number of aryl methyl sites for hydroxylation is 1. The van der Waals surface area contributed by atoms with E-state index in [9.17, 15) is 14.9 Å². The maximum Gasteiger partial charge on any atom is 0.271 e. The predicted molar refractivity (Wildman–Crippen MR) is 131 cm³/mol. The Morgan fingerprint density at radius 1 is 1.09 bits per heavy atom. The third kappa shape index (κ3) is 4.91. The lowest BCUT2D eigenvalue weighted by atomic mass is 10.2. The largest absolute Gasteiger partial charge is 0.496 e. The van der Waals surface area contributed by atoms with Gasteiger partial charge >= 0.3 is 0 Å². The van der Waals surface area contributed by atoms with Crippen molar-refractivity contribution >= 4 is 29.0 Å². The number of methoxy groups -OCH3 is 1. The van der Waals surface area contributed by atoms with Gasteiger partial charge < -0.3 is 10.1 Å². The van der Waals surface area contributed by atoms with Crippen LogP contribution in [0.2, 0.25) is 0 Å². The SMILES string of the molecule is COc1ccccc1-c1nnc(SCC(=O)Nc2cc([N+](=O)[O-])ccc2C)n1-c1ccccc1. The van der Waals surface area contributed by atoms with Gasteiger partial charge in [0.05, 0.1) is 29.0 Å². The van der Waals surface area contributed by atoms with Crippen LogP contribution in [-0.2, 0) is 4.79 Å². The van der Waals surface area contributed by atoms with Crippen molar-refractivity contribution in [1.82, 2.24) is 14.8 Å². The van der Waals surface area contributed by atoms with Gasteiger partial charge in [-0.1, -0.05) is 48.2 Å². The smallest absolute Gasteiger partial charge is 0.271 e. The van der Waals surface area contributed by atoms with E-state index in [0.29, 0.717) is 22.4 Å². The minimum Gasteiger partial charge on any atom is -0.496 e. The van der Waals surface area contributed by atoms with E-state index in [1.807, 2.05) is 59.2 Å². The van der Waals surface area contributed by atoms with Crippen LogP contribution in [0.25, 0.3) is 17.1 Å². The summed E-state index contributed by atoms with van der Waals surface area (Å²) in [4.78, 5) is 23.2. The molecule has 0 aliphatic carbocycles. The van der Waals surface area contributed by atoms with E-state index >= 15 is 0 Å². The number of nitrogens with one attached hydrogen (secondary N) is 1. The summed E-state index contributed by atoms with van der Waals surface area (Å²) in [5.74, 6) is 0.970. The molecule has 0 saturated carbocycles. The van der Waals surface area contributed by atoms with Crippen LogP contribution in [0, 0.1) is 17.0 Å². The molecular weight excluding hydrogens is 454 g/mol. The number of para-hydroxylation sites is 2. The second kappa shape index (κ2) is 10.2. The molecule has 3 aromatic carbocycles. The highest BCUT2D eigenvalue weighted by molar-refractivity contribution is 7.99. The Hall–Kier alpha value is -4.18. The summed E-state index contributed by atoms with van der Waals surface area (Å²) in [6.45, 7) is 1.78. The summed E-state index contributed by atoms with van der Waals surface area (Å²) >= 11 is 1.22. The molecule has 0 radical (unpaired) electrons. The fraction of sp³-hybridized carbons (Fsp3) is 0.125. The molecular formula is C24H21N5O4S. The van der Waals surface area contributed by atoms with Crippen LogP contribution in [0.5, 0.6) is 5.75 Å². The van der Waals surface area contributed by atoms with Crippen LogP contribution in [0.4, 0.5) is 11.4 Å². The molecule has 0 saturated heterocycles. The van der Waals surface area contributed by atoms with Gasteiger partial charge in [0.25, 0.3) is 5.69 Å². The topological polar surface area (TPSA) is 112 Å². The van der Waals surface area contributed by atoms with E-state index in [2.05, 4.69) is 15.5 Å². The number of nitrogens with zero attached hydrogens (tertiary/aromatic N) is 4. The number of hydrogen-bond acceptors (Lipinski definition) is 7. The molecule has 0 unspecified atom stereocenters. The quantitative estimate of drug-likeness (QED) is 0.219. The second-order valence-electron chi connectivity index (χ2n) is 7.27. The van der Waals surface area contributed by atoms with E-state index in [-0.39, 0.29) is 17.3 Å². The summed E-state index contributed by atoms with van der Waals surface area (Å²) in [5.41, 5.74) is 2.66. The Kier molecular flexibility index (Phi) is 6.88. The summed E-state index contributed by atoms with van der Waals surface area (Å²) in [7, 11) is 1.60. The molecule has 1 amide bonds. The number of rotatable bonds is 8. The van der Waals surface area contributed by atoms with Gasteiger partial charge in [-0.3, -0.25) is 19.5 Å². The average molecular weight is 476 g/mol. The Balaban J connectivity index is 1.61. The number of ether oxygens (including phenoxy) is 1. The molecule has 0 fully saturated rings. The van der Waals surface area contributed by atoms with Gasteiger partial charge in [-0.05, 0) is 36.8 Å². The highest BCUT2D eigenvalue weighted by atomic mass is 32.2. The van der Waals surface area contributed by atoms with Crippen molar-refractivity contribution in [3.8, 4) is 22.8 Å². The number of nitro benzene ring substituents is 1. The lowest BCUT2D eigenvalue weighted by Gasteiger charge is -2.12. The van der Waals surface area contributed by atoms with E-state index in [1.54, 1.807) is 20.1 Å². The Bertz CT molecular complexity index is 1340. The van der Waals surface area contributed by atoms with Crippen LogP contribution < -0.4 is 10.1 Å². The number of non-ortho nitro benzene ring substituents is 1. The van der Waals surface area contributed by atoms with Crippen molar-refractivity contribution < 1.29 is 14.5 Å². The predicted octanol–water partition coefficient (Wildman–Crippen LogP) is 4.89. The Labute approximate surface area is 199 Å². The first-order chi connectivity index (χ1) is 16.5. The second-order valence-corrected chi connectivity index (χ2v) is 8.21. The molecule has 0 aliphatic rings. The fourth-order valence-electron chi connectivity index (χ4n) is 3.35. The molecule has 0 atom stereocenters. The molecule has 9 nitrogen and oxygen atoms in total. The minimum absolute atomic E-state index is 0.0407. The zero-order valence-corrected chi connectivity index (χ0v) is 19.3. The average Bonchev–Trinajstić information content (AvgIpc) is 3.28. The first-order valence-corrected chi connectivity index (χ1v) is 11.3. The molecule has 4 aromatic rings. The van der Waals surface area contributed by atoms with Crippen molar-refractivity contribution in [3.05, 3.63) is 88.5 Å². The van der Waals surface area contributed by atoms with Crippen LogP contribution in [0.15, 0.2) is 78.0 Å². The molecule has 34 heavy (non-hydrogen) atoms. The third-order valence-electron chi connectivity index (χ3n) is 5.03. The van der Waals surface area contributed by atoms with E-state index in [4.69, 9.17) is 4.74 Å². The van der Waals surface area contributed by atoms with Crippen molar-refractivity contribution in [2.45, 2.75) is 12.1 Å². The van der Waals surface area contributed by atoms with Crippen molar-refractivity contribution in [2.24, 2.45) is 0 Å². The number of carbonyl (C=O) groups excluding carboxylic acids is 1. The number of aromatic nitrogens is 3. The van der Waals surface area contributed by atoms with Crippen LogP contribution >= 0.6 is 11.8 Å². The van der Waals surface area contributed by atoms with Crippen molar-refractivity contribution in [3.63, 3.8) is 0 Å². The number of nitro groups is 1. The highest BCUT2D eigenvalue weighted by Crippen LogP contribution is 2.33. The van der Waals surface area contributed by atoms with Gasteiger partial charge in [0.1, 0.15) is 5.75 Å². The maximum atomic E-state index is 12.7. The Morgan fingerprint density at radius 2 is 1.82 bits per heavy atom. The minimum atomic E-state index is -0.494. The van der Waals surface area contributed by atoms with Gasteiger partial charge in [0, 0.05) is 17.8 Å². The summed E-state index contributed by atoms with van der Waals surface area (Å²) in [6, 6.07) is 21.5. The molecule has 1 N–H and O–H groups in total. The molecule has 0 aliphatic heterocycles. The molecule has 172 valence electrons. The monoisotopic (exact) mass is 475 g/mol. The normalized spacial score (nSPS) is 10.6. The van der Waals surface area contributed by atoms with Gasteiger partial charge in [-0.15, -0.1) is 10.2 Å². The lowest BCUT2D eigenvalue weighted by molar-refractivity contribution is -0.384. The van der Waals surface area contributed by atoms with E-state index in [1.165, 1.54) is 23.9 Å². The number of hydrogen-bond donors (Lipinski definition) is 1. The van der Waals surface area contributed by atoms with E-state index in [0.717, 1.165) is 16.8 Å². The maximum absolute atomic E-state index is 12.7. The number of anilines is 1. The number of thioether (sulfide) groups is 1.